The van der Waals surface area contributed by atoms with Crippen LogP contribution in [-0.2, 0) is 4.79 Å². The van der Waals surface area contributed by atoms with Gasteiger partial charge in [-0.15, -0.1) is 16.4 Å². The quantitative estimate of drug-likeness (QED) is 0.822. The maximum absolute atomic E-state index is 12.1. The third kappa shape index (κ3) is 3.89. The van der Waals surface area contributed by atoms with Gasteiger partial charge in [-0.3, -0.25) is 9.89 Å². The fourth-order valence-corrected chi connectivity index (χ4v) is 4.02. The molecule has 2 aromatic rings. The molecule has 2 unspecified atom stereocenters. The second kappa shape index (κ2) is 7.28. The number of aromatic amines is 1. The summed E-state index contributed by atoms with van der Waals surface area (Å²) in [5.41, 5.74) is 0. The predicted octanol–water partition coefficient (Wildman–Crippen LogP) is 3.32. The number of hydrogen-bond donors (Lipinski definition) is 2. The van der Waals surface area contributed by atoms with Crippen LogP contribution in [0.25, 0.3) is 10.7 Å². The highest BCUT2D eigenvalue weighted by atomic mass is 32.2. The van der Waals surface area contributed by atoms with Gasteiger partial charge in [0.25, 0.3) is 0 Å². The zero-order chi connectivity index (χ0) is 15.4. The van der Waals surface area contributed by atoms with Crippen molar-refractivity contribution in [2.45, 2.75) is 43.8 Å². The van der Waals surface area contributed by atoms with Gasteiger partial charge in [0.1, 0.15) is 0 Å². The summed E-state index contributed by atoms with van der Waals surface area (Å²) in [4.78, 5) is 17.5. The summed E-state index contributed by atoms with van der Waals surface area (Å²) in [6.07, 6.45) is 4.81. The van der Waals surface area contributed by atoms with Crippen molar-refractivity contribution in [1.29, 1.82) is 0 Å². The van der Waals surface area contributed by atoms with Gasteiger partial charge in [0.05, 0.1) is 10.6 Å². The lowest BCUT2D eigenvalue weighted by Crippen LogP contribution is -2.41. The van der Waals surface area contributed by atoms with Crippen molar-refractivity contribution in [2.24, 2.45) is 5.92 Å². The predicted molar refractivity (Wildman–Crippen MR) is 90.0 cm³/mol. The summed E-state index contributed by atoms with van der Waals surface area (Å²) in [6, 6.07) is 4.31. The molecule has 2 N–H and O–H groups in total. The summed E-state index contributed by atoms with van der Waals surface area (Å²) < 4.78 is 0. The highest BCUT2D eigenvalue weighted by Gasteiger charge is 2.22. The molecule has 7 heteroatoms. The number of carbonyl (C=O) groups excluding carboxylic acids is 1. The molecule has 22 heavy (non-hydrogen) atoms. The van der Waals surface area contributed by atoms with Crippen LogP contribution in [0.2, 0.25) is 0 Å². The van der Waals surface area contributed by atoms with Crippen LogP contribution in [0.3, 0.4) is 0 Å². The lowest BCUT2D eigenvalue weighted by Gasteiger charge is -2.29. The van der Waals surface area contributed by atoms with E-state index in [0.717, 1.165) is 17.1 Å². The van der Waals surface area contributed by atoms with Gasteiger partial charge in [0, 0.05) is 6.04 Å². The zero-order valence-electron chi connectivity index (χ0n) is 12.5. The van der Waals surface area contributed by atoms with E-state index in [1.807, 2.05) is 17.5 Å². The third-order valence-electron chi connectivity index (χ3n) is 4.01. The van der Waals surface area contributed by atoms with Crippen molar-refractivity contribution in [1.82, 2.24) is 20.5 Å². The number of rotatable bonds is 5. The second-order valence-corrected chi connectivity index (χ2v) is 7.56. The first-order chi connectivity index (χ1) is 10.7. The van der Waals surface area contributed by atoms with Crippen molar-refractivity contribution < 1.29 is 4.79 Å². The Kier molecular flexibility index (Phi) is 5.15. The summed E-state index contributed by atoms with van der Waals surface area (Å²) in [5.74, 6) is 1.78. The minimum absolute atomic E-state index is 0.0752. The van der Waals surface area contributed by atoms with E-state index in [2.05, 4.69) is 27.4 Å². The number of hydrogen-bond acceptors (Lipinski definition) is 5. The summed E-state index contributed by atoms with van der Waals surface area (Å²) in [7, 11) is 0. The Morgan fingerprint density at radius 1 is 1.50 bits per heavy atom. The van der Waals surface area contributed by atoms with Crippen LogP contribution in [0.15, 0.2) is 22.7 Å². The Hall–Kier alpha value is -1.34. The summed E-state index contributed by atoms with van der Waals surface area (Å²) >= 11 is 2.99. The van der Waals surface area contributed by atoms with Crippen molar-refractivity contribution >= 4 is 29.0 Å². The Labute approximate surface area is 138 Å². The number of nitrogens with zero attached hydrogens (tertiary/aromatic N) is 2. The molecule has 3 rings (SSSR count). The van der Waals surface area contributed by atoms with Gasteiger partial charge >= 0.3 is 0 Å². The first-order valence-corrected chi connectivity index (χ1v) is 9.47. The molecule has 2 atom stereocenters. The molecule has 5 nitrogen and oxygen atoms in total. The SMILES string of the molecule is CC1CCCCC1NC(=O)CSc1n[nH]c(-c2cccs2)n1. The van der Waals surface area contributed by atoms with Crippen LogP contribution in [0.1, 0.15) is 32.6 Å². The molecule has 1 saturated carbocycles. The molecule has 0 bridgehead atoms. The monoisotopic (exact) mass is 336 g/mol. The summed E-state index contributed by atoms with van der Waals surface area (Å²) in [6.45, 7) is 2.22. The molecule has 0 radical (unpaired) electrons. The van der Waals surface area contributed by atoms with E-state index in [0.29, 0.717) is 22.9 Å². The molecule has 1 fully saturated rings. The maximum Gasteiger partial charge on any atom is 0.230 e. The molecule has 0 aromatic carbocycles. The van der Waals surface area contributed by atoms with Crippen LogP contribution >= 0.6 is 23.1 Å². The molecule has 2 heterocycles. The highest BCUT2D eigenvalue weighted by Crippen LogP contribution is 2.25. The van der Waals surface area contributed by atoms with E-state index < -0.39 is 0 Å². The number of thiophene rings is 1. The highest BCUT2D eigenvalue weighted by molar-refractivity contribution is 7.99. The minimum Gasteiger partial charge on any atom is -0.352 e. The van der Waals surface area contributed by atoms with Crippen LogP contribution in [0, 0.1) is 5.92 Å². The Morgan fingerprint density at radius 3 is 3.14 bits per heavy atom. The standard InChI is InChI=1S/C15H20N4OS2/c1-10-5-2-3-6-11(10)16-13(20)9-22-15-17-14(18-19-15)12-7-4-8-21-12/h4,7-8,10-11H,2-3,5-6,9H2,1H3,(H,16,20)(H,17,18,19). The Morgan fingerprint density at radius 2 is 2.36 bits per heavy atom. The van der Waals surface area contributed by atoms with Crippen molar-refractivity contribution in [3.63, 3.8) is 0 Å². The number of thioether (sulfide) groups is 1. The van der Waals surface area contributed by atoms with Crippen LogP contribution in [-0.4, -0.2) is 32.9 Å². The zero-order valence-corrected chi connectivity index (χ0v) is 14.2. The molecule has 1 amide bonds. The number of aromatic nitrogens is 3. The smallest absolute Gasteiger partial charge is 0.230 e. The lowest BCUT2D eigenvalue weighted by molar-refractivity contribution is -0.119. The van der Waals surface area contributed by atoms with E-state index in [4.69, 9.17) is 0 Å². The number of H-pyrrole nitrogens is 1. The number of carbonyl (C=O) groups is 1. The van der Waals surface area contributed by atoms with Crippen LogP contribution in [0.5, 0.6) is 0 Å². The minimum atomic E-state index is 0.0752. The van der Waals surface area contributed by atoms with Crippen molar-refractivity contribution in [3.8, 4) is 10.7 Å². The third-order valence-corrected chi connectivity index (χ3v) is 5.73. The molecule has 1 aliphatic carbocycles. The first kappa shape index (κ1) is 15.6. The molecule has 1 aliphatic rings. The molecule has 0 saturated heterocycles. The molecular formula is C15H20N4OS2. The van der Waals surface area contributed by atoms with Gasteiger partial charge in [-0.1, -0.05) is 37.6 Å². The Bertz CT molecular complexity index is 611. The van der Waals surface area contributed by atoms with Gasteiger partial charge in [-0.05, 0) is 30.2 Å². The topological polar surface area (TPSA) is 70.7 Å². The van der Waals surface area contributed by atoms with Crippen LogP contribution in [0.4, 0.5) is 0 Å². The van der Waals surface area contributed by atoms with Gasteiger partial charge < -0.3 is 5.32 Å². The maximum atomic E-state index is 12.1. The molecule has 0 spiro atoms. The fourth-order valence-electron chi connectivity index (χ4n) is 2.74. The van der Waals surface area contributed by atoms with E-state index in [1.54, 1.807) is 11.3 Å². The fraction of sp³-hybridized carbons (Fsp3) is 0.533. The van der Waals surface area contributed by atoms with Gasteiger partial charge in [-0.25, -0.2) is 4.98 Å². The average molecular weight is 336 g/mol. The largest absolute Gasteiger partial charge is 0.352 e. The van der Waals surface area contributed by atoms with Crippen LogP contribution < -0.4 is 5.32 Å². The first-order valence-electron chi connectivity index (χ1n) is 7.61. The van der Waals surface area contributed by atoms with Gasteiger partial charge in [0.2, 0.25) is 11.1 Å². The molecule has 2 aromatic heterocycles. The van der Waals surface area contributed by atoms with E-state index >= 15 is 0 Å². The second-order valence-electron chi connectivity index (χ2n) is 5.67. The van der Waals surface area contributed by atoms with E-state index in [9.17, 15) is 4.79 Å². The molecule has 0 aliphatic heterocycles. The van der Waals surface area contributed by atoms with E-state index in [-0.39, 0.29) is 5.91 Å². The average Bonchev–Trinajstić information content (AvgIpc) is 3.18. The van der Waals surface area contributed by atoms with Gasteiger partial charge in [-0.2, -0.15) is 0 Å². The van der Waals surface area contributed by atoms with Crippen molar-refractivity contribution in [2.75, 3.05) is 5.75 Å². The van der Waals surface area contributed by atoms with E-state index in [1.165, 1.54) is 31.0 Å². The normalized spacial score (nSPS) is 21.7. The molecule has 118 valence electrons. The number of nitrogens with one attached hydrogen (secondary N) is 2. The van der Waals surface area contributed by atoms with Crippen molar-refractivity contribution in [3.05, 3.63) is 17.5 Å². The summed E-state index contributed by atoms with van der Waals surface area (Å²) in [5, 5.41) is 12.9. The Balaban J connectivity index is 1.49. The molecular weight excluding hydrogens is 316 g/mol. The van der Waals surface area contributed by atoms with Gasteiger partial charge in [0.15, 0.2) is 5.82 Å². The lowest BCUT2D eigenvalue weighted by atomic mass is 9.86. The number of amides is 1.